The van der Waals surface area contributed by atoms with Crippen molar-refractivity contribution in [2.45, 2.75) is 17.9 Å². The Bertz CT molecular complexity index is 1430. The minimum atomic E-state index is -1.07. The van der Waals surface area contributed by atoms with Crippen molar-refractivity contribution >= 4 is 23.8 Å². The Hall–Kier alpha value is -4.03. The molecule has 4 aromatic rings. The summed E-state index contributed by atoms with van der Waals surface area (Å²) < 4.78 is 5.57. The second-order valence-electron chi connectivity index (χ2n) is 9.63. The number of carboxylic acids is 1. The first kappa shape index (κ1) is 24.3. The summed E-state index contributed by atoms with van der Waals surface area (Å²) in [5.74, 6) is 0.0210. The summed E-state index contributed by atoms with van der Waals surface area (Å²) in [5.41, 5.74) is 9.52. The summed E-state index contributed by atoms with van der Waals surface area (Å²) in [5, 5.41) is 12.4. The number of amides is 1. The molecule has 1 unspecified atom stereocenters. The van der Waals surface area contributed by atoms with E-state index in [1.807, 2.05) is 48.5 Å². The summed E-state index contributed by atoms with van der Waals surface area (Å²) in [6.07, 6.45) is -0.712. The van der Waals surface area contributed by atoms with Crippen LogP contribution in [0.25, 0.3) is 22.3 Å². The first-order chi connectivity index (χ1) is 18.6. The van der Waals surface area contributed by atoms with Crippen LogP contribution in [0.4, 0.5) is 4.79 Å². The van der Waals surface area contributed by atoms with Crippen molar-refractivity contribution in [1.29, 1.82) is 0 Å². The van der Waals surface area contributed by atoms with Gasteiger partial charge < -0.3 is 15.2 Å². The molecule has 5 nitrogen and oxygen atoms in total. The van der Waals surface area contributed by atoms with Gasteiger partial charge in [0, 0.05) is 23.3 Å². The third kappa shape index (κ3) is 4.45. The standard InChI is InChI=1S/C32H27NO4S/c34-31(35)30(19-38-18-29-26-15-7-3-11-22(26)23-12-4-8-16-27(23)29)33-32(36)37-17-28-24-13-5-1-9-20(24)21-10-2-6-14-25(21)28/h1-16,28-30H,17-19H2,(H,33,36)(H,34,35). The van der Waals surface area contributed by atoms with Gasteiger partial charge in [0.15, 0.2) is 0 Å². The van der Waals surface area contributed by atoms with Crippen molar-refractivity contribution in [3.63, 3.8) is 0 Å². The smallest absolute Gasteiger partial charge is 0.407 e. The van der Waals surface area contributed by atoms with Crippen molar-refractivity contribution < 1.29 is 19.4 Å². The average Bonchev–Trinajstić information content (AvgIpc) is 3.44. The van der Waals surface area contributed by atoms with Gasteiger partial charge in [-0.25, -0.2) is 9.59 Å². The van der Waals surface area contributed by atoms with E-state index < -0.39 is 18.1 Å². The summed E-state index contributed by atoms with van der Waals surface area (Å²) in [6, 6.07) is 31.9. The number of benzene rings is 4. The number of alkyl carbamates (subject to hydrolysis) is 1. The Labute approximate surface area is 225 Å². The molecule has 0 saturated carbocycles. The summed E-state index contributed by atoms with van der Waals surface area (Å²) in [6.45, 7) is 0.148. The van der Waals surface area contributed by atoms with Crippen LogP contribution in [0.1, 0.15) is 34.1 Å². The van der Waals surface area contributed by atoms with Crippen molar-refractivity contribution in [3.05, 3.63) is 119 Å². The zero-order valence-electron chi connectivity index (χ0n) is 20.7. The van der Waals surface area contributed by atoms with Crippen LogP contribution in [0.2, 0.25) is 0 Å². The largest absolute Gasteiger partial charge is 0.480 e. The van der Waals surface area contributed by atoms with Crippen LogP contribution < -0.4 is 5.32 Å². The number of fused-ring (bicyclic) bond motifs is 6. The van der Waals surface area contributed by atoms with E-state index in [1.54, 1.807) is 0 Å². The minimum absolute atomic E-state index is 0.0756. The highest BCUT2D eigenvalue weighted by Gasteiger charge is 2.31. The molecule has 6 rings (SSSR count). The first-order valence-corrected chi connectivity index (χ1v) is 13.9. The van der Waals surface area contributed by atoms with E-state index in [-0.39, 0.29) is 24.2 Å². The maximum atomic E-state index is 12.7. The molecule has 38 heavy (non-hydrogen) atoms. The molecule has 0 saturated heterocycles. The van der Waals surface area contributed by atoms with Crippen LogP contribution in [-0.4, -0.2) is 41.3 Å². The molecule has 6 heteroatoms. The van der Waals surface area contributed by atoms with Crippen LogP contribution >= 0.6 is 11.8 Å². The predicted octanol–water partition coefficient (Wildman–Crippen LogP) is 6.52. The highest BCUT2D eigenvalue weighted by molar-refractivity contribution is 7.99. The van der Waals surface area contributed by atoms with Crippen LogP contribution in [0.15, 0.2) is 97.1 Å². The lowest BCUT2D eigenvalue weighted by molar-refractivity contribution is -0.138. The number of carbonyl (C=O) groups excluding carboxylic acids is 1. The third-order valence-corrected chi connectivity index (χ3v) is 8.60. The molecule has 0 aliphatic heterocycles. The average molecular weight is 522 g/mol. The summed E-state index contributed by atoms with van der Waals surface area (Å²) in [4.78, 5) is 24.6. The van der Waals surface area contributed by atoms with E-state index in [4.69, 9.17) is 4.74 Å². The monoisotopic (exact) mass is 521 g/mol. The third-order valence-electron chi connectivity index (χ3n) is 7.47. The van der Waals surface area contributed by atoms with Crippen LogP contribution in [-0.2, 0) is 9.53 Å². The van der Waals surface area contributed by atoms with Crippen LogP contribution in [0.5, 0.6) is 0 Å². The Morgan fingerprint density at radius 2 is 1.13 bits per heavy atom. The fourth-order valence-electron chi connectivity index (χ4n) is 5.70. The zero-order chi connectivity index (χ0) is 26.1. The van der Waals surface area contributed by atoms with E-state index >= 15 is 0 Å². The molecular formula is C32H27NO4S. The van der Waals surface area contributed by atoms with Gasteiger partial charge in [-0.1, -0.05) is 97.1 Å². The van der Waals surface area contributed by atoms with Gasteiger partial charge >= 0.3 is 12.1 Å². The molecule has 2 aliphatic carbocycles. The fraction of sp³-hybridized carbons (Fsp3) is 0.188. The zero-order valence-corrected chi connectivity index (χ0v) is 21.5. The Morgan fingerprint density at radius 3 is 1.58 bits per heavy atom. The number of ether oxygens (including phenoxy) is 1. The Balaban J connectivity index is 1.08. The van der Waals surface area contributed by atoms with E-state index in [2.05, 4.69) is 53.8 Å². The topological polar surface area (TPSA) is 75.6 Å². The Morgan fingerprint density at radius 1 is 0.711 bits per heavy atom. The number of hydrogen-bond acceptors (Lipinski definition) is 4. The van der Waals surface area contributed by atoms with Crippen molar-refractivity contribution in [3.8, 4) is 22.3 Å². The number of thioether (sulfide) groups is 1. The van der Waals surface area contributed by atoms with Crippen LogP contribution in [0, 0.1) is 0 Å². The molecule has 1 atom stereocenters. The fourth-order valence-corrected chi connectivity index (χ4v) is 6.89. The van der Waals surface area contributed by atoms with Crippen molar-refractivity contribution in [2.75, 3.05) is 18.1 Å². The molecule has 0 heterocycles. The molecule has 0 aromatic heterocycles. The SMILES string of the molecule is O=C(NC(CSCC1c2ccccc2-c2ccccc21)C(=O)O)OCC1c2ccccc2-c2ccccc21. The van der Waals surface area contributed by atoms with E-state index in [1.165, 1.54) is 34.0 Å². The molecule has 2 N–H and O–H groups in total. The molecular weight excluding hydrogens is 494 g/mol. The van der Waals surface area contributed by atoms with E-state index in [0.717, 1.165) is 28.0 Å². The lowest BCUT2D eigenvalue weighted by Gasteiger charge is -2.18. The molecule has 0 spiro atoms. The molecule has 0 radical (unpaired) electrons. The highest BCUT2D eigenvalue weighted by atomic mass is 32.2. The van der Waals surface area contributed by atoms with E-state index in [0.29, 0.717) is 0 Å². The van der Waals surface area contributed by atoms with Gasteiger partial charge in [-0.3, -0.25) is 0 Å². The second-order valence-corrected chi connectivity index (χ2v) is 10.7. The summed E-state index contributed by atoms with van der Waals surface area (Å²) >= 11 is 1.53. The minimum Gasteiger partial charge on any atom is -0.480 e. The van der Waals surface area contributed by atoms with Gasteiger partial charge in [-0.15, -0.1) is 0 Å². The molecule has 190 valence electrons. The molecule has 2 aliphatic rings. The van der Waals surface area contributed by atoms with Gasteiger partial charge in [-0.05, 0) is 44.5 Å². The van der Waals surface area contributed by atoms with Crippen LogP contribution in [0.3, 0.4) is 0 Å². The predicted molar refractivity (Wildman–Crippen MR) is 151 cm³/mol. The first-order valence-electron chi connectivity index (χ1n) is 12.7. The maximum Gasteiger partial charge on any atom is 0.407 e. The molecule has 1 amide bonds. The van der Waals surface area contributed by atoms with Gasteiger partial charge in [0.1, 0.15) is 12.6 Å². The molecule has 0 fully saturated rings. The second kappa shape index (κ2) is 10.4. The van der Waals surface area contributed by atoms with Gasteiger partial charge in [-0.2, -0.15) is 11.8 Å². The number of carboxylic acid groups (broad SMARTS) is 1. The number of rotatable bonds is 8. The molecule has 0 bridgehead atoms. The maximum absolute atomic E-state index is 12.7. The van der Waals surface area contributed by atoms with Crippen molar-refractivity contribution in [1.82, 2.24) is 5.32 Å². The number of nitrogens with one attached hydrogen (secondary N) is 1. The lowest BCUT2D eigenvalue weighted by Crippen LogP contribution is -2.43. The van der Waals surface area contributed by atoms with Gasteiger partial charge in [0.2, 0.25) is 0 Å². The van der Waals surface area contributed by atoms with Crippen molar-refractivity contribution in [2.24, 2.45) is 0 Å². The number of aliphatic carboxylic acids is 1. The normalized spacial score (nSPS) is 14.2. The quantitative estimate of drug-likeness (QED) is 0.276. The highest BCUT2D eigenvalue weighted by Crippen LogP contribution is 2.46. The number of hydrogen-bond donors (Lipinski definition) is 2. The van der Waals surface area contributed by atoms with Gasteiger partial charge in [0.05, 0.1) is 0 Å². The van der Waals surface area contributed by atoms with Gasteiger partial charge in [0.25, 0.3) is 0 Å². The molecule has 4 aromatic carbocycles. The summed E-state index contributed by atoms with van der Waals surface area (Å²) in [7, 11) is 0. The van der Waals surface area contributed by atoms with E-state index in [9.17, 15) is 14.7 Å². The Kier molecular flexibility index (Phi) is 6.64. The lowest BCUT2D eigenvalue weighted by atomic mass is 9.98. The number of carbonyl (C=O) groups is 2.